The minimum Gasteiger partial charge on any atom is -0.493 e. The molecule has 0 aliphatic carbocycles. The Hall–Kier alpha value is -2.87. The summed E-state index contributed by atoms with van der Waals surface area (Å²) in [5.41, 5.74) is 3.93. The van der Waals surface area contributed by atoms with E-state index in [1.54, 1.807) is 38.6 Å². The second-order valence-corrected chi connectivity index (χ2v) is 7.32. The lowest BCUT2D eigenvalue weighted by molar-refractivity contribution is -0.121. The summed E-state index contributed by atoms with van der Waals surface area (Å²) in [6.45, 7) is 0.585. The van der Waals surface area contributed by atoms with Crippen LogP contribution >= 0.6 is 15.9 Å². The third-order valence-corrected chi connectivity index (χ3v) is 4.85. The molecule has 2 aromatic rings. The first-order valence-electron chi connectivity index (χ1n) is 9.61. The van der Waals surface area contributed by atoms with Crippen LogP contribution in [0, 0.1) is 0 Å². The lowest BCUT2D eigenvalue weighted by Gasteiger charge is -2.10. The Bertz CT molecular complexity index is 872. The summed E-state index contributed by atoms with van der Waals surface area (Å²) in [5.74, 6) is 0.932. The van der Waals surface area contributed by atoms with Gasteiger partial charge in [0.05, 0.1) is 24.9 Å². The Morgan fingerprint density at radius 3 is 2.53 bits per heavy atom. The Labute approximate surface area is 185 Å². The molecule has 8 heteroatoms. The Balaban J connectivity index is 1.64. The number of methoxy groups -OCH3 is 2. The molecule has 0 saturated carbocycles. The molecule has 0 unspecified atom stereocenters. The highest BCUT2D eigenvalue weighted by Gasteiger charge is 2.09. The number of nitrogens with zero attached hydrogens (tertiary/aromatic N) is 1. The molecule has 7 nitrogen and oxygen atoms in total. The maximum atomic E-state index is 11.9. The van der Waals surface area contributed by atoms with Crippen LogP contribution in [0.3, 0.4) is 0 Å². The lowest BCUT2D eigenvalue weighted by atomic mass is 10.2. The van der Waals surface area contributed by atoms with Crippen LogP contribution in [0.1, 0.15) is 41.6 Å². The fourth-order valence-corrected chi connectivity index (χ4v) is 3.35. The summed E-state index contributed by atoms with van der Waals surface area (Å²) in [7, 11) is 3.12. The molecule has 0 saturated heterocycles. The quantitative estimate of drug-likeness (QED) is 0.293. The molecule has 30 heavy (non-hydrogen) atoms. The average molecular weight is 476 g/mol. The molecule has 160 valence electrons. The van der Waals surface area contributed by atoms with E-state index in [4.69, 9.17) is 9.47 Å². The zero-order valence-electron chi connectivity index (χ0n) is 17.1. The molecule has 2 N–H and O–H groups in total. The van der Waals surface area contributed by atoms with E-state index in [2.05, 4.69) is 31.8 Å². The van der Waals surface area contributed by atoms with E-state index in [-0.39, 0.29) is 11.8 Å². The monoisotopic (exact) mass is 475 g/mol. The number of benzene rings is 2. The number of unbranched alkanes of at least 4 members (excludes halogenated alkanes) is 2. The first kappa shape index (κ1) is 23.4. The number of ether oxygens (including phenoxy) is 2. The highest BCUT2D eigenvalue weighted by Crippen LogP contribution is 2.35. The zero-order valence-corrected chi connectivity index (χ0v) is 18.7. The Kier molecular flexibility index (Phi) is 9.86. The van der Waals surface area contributed by atoms with E-state index >= 15 is 0 Å². The summed E-state index contributed by atoms with van der Waals surface area (Å²) in [6.07, 6.45) is 4.30. The van der Waals surface area contributed by atoms with E-state index in [0.29, 0.717) is 30.0 Å². The fourth-order valence-electron chi connectivity index (χ4n) is 2.73. The largest absolute Gasteiger partial charge is 0.493 e. The number of hydrogen-bond acceptors (Lipinski definition) is 5. The number of amides is 2. The number of rotatable bonds is 11. The van der Waals surface area contributed by atoms with E-state index in [9.17, 15) is 9.59 Å². The molecule has 2 aromatic carbocycles. The molecule has 2 rings (SSSR count). The standard InChI is InChI=1S/C22H26BrN3O4/c1-29-19-14-16(13-18(23)21(19)30-2)15-25-26-20(27)11-7-4-8-12-24-22(28)17-9-5-3-6-10-17/h3,5-6,9-10,13-15H,4,7-8,11-12H2,1-2H3,(H,24,28)(H,26,27)/b25-15+. The van der Waals surface area contributed by atoms with E-state index in [1.807, 2.05) is 24.3 Å². The summed E-state index contributed by atoms with van der Waals surface area (Å²) in [5, 5.41) is 6.86. The van der Waals surface area contributed by atoms with Crippen molar-refractivity contribution in [3.63, 3.8) is 0 Å². The summed E-state index contributed by atoms with van der Waals surface area (Å²) < 4.78 is 11.3. The van der Waals surface area contributed by atoms with Gasteiger partial charge in [-0.2, -0.15) is 5.10 Å². The molecular formula is C22H26BrN3O4. The van der Waals surface area contributed by atoms with Gasteiger partial charge in [-0.05, 0) is 58.6 Å². The molecule has 2 amide bonds. The van der Waals surface area contributed by atoms with E-state index in [1.165, 1.54) is 0 Å². The third kappa shape index (κ3) is 7.51. The number of carbonyl (C=O) groups excluding carboxylic acids is 2. The Morgan fingerprint density at radius 1 is 1.07 bits per heavy atom. The van der Waals surface area contributed by atoms with Crippen molar-refractivity contribution in [2.45, 2.75) is 25.7 Å². The molecular weight excluding hydrogens is 450 g/mol. The van der Waals surface area contributed by atoms with Crippen molar-refractivity contribution in [2.24, 2.45) is 5.10 Å². The van der Waals surface area contributed by atoms with Crippen LogP contribution in [0.4, 0.5) is 0 Å². The first-order chi connectivity index (χ1) is 14.5. The summed E-state index contributed by atoms with van der Waals surface area (Å²) in [4.78, 5) is 23.8. The van der Waals surface area contributed by atoms with Gasteiger partial charge >= 0.3 is 0 Å². The maximum Gasteiger partial charge on any atom is 0.251 e. The van der Waals surface area contributed by atoms with Gasteiger partial charge in [0.1, 0.15) is 0 Å². The van der Waals surface area contributed by atoms with Crippen LogP contribution in [0.15, 0.2) is 52.0 Å². The smallest absolute Gasteiger partial charge is 0.251 e. The molecule has 0 atom stereocenters. The SMILES string of the molecule is COc1cc(/C=N/NC(=O)CCCCCNC(=O)c2ccccc2)cc(Br)c1OC. The number of hydrazone groups is 1. The highest BCUT2D eigenvalue weighted by molar-refractivity contribution is 9.10. The normalized spacial score (nSPS) is 10.6. The van der Waals surface area contributed by atoms with Gasteiger partial charge in [-0.25, -0.2) is 5.43 Å². The van der Waals surface area contributed by atoms with E-state index < -0.39 is 0 Å². The van der Waals surface area contributed by atoms with Crippen LogP contribution in [-0.4, -0.2) is 38.8 Å². The van der Waals surface area contributed by atoms with Crippen LogP contribution < -0.4 is 20.2 Å². The average Bonchev–Trinajstić information content (AvgIpc) is 2.76. The van der Waals surface area contributed by atoms with Crippen molar-refractivity contribution >= 4 is 34.0 Å². The predicted molar refractivity (Wildman–Crippen MR) is 120 cm³/mol. The van der Waals surface area contributed by atoms with Crippen molar-refractivity contribution in [3.05, 3.63) is 58.1 Å². The number of nitrogens with one attached hydrogen (secondary N) is 2. The molecule has 0 aromatic heterocycles. The maximum absolute atomic E-state index is 11.9. The van der Waals surface area contributed by atoms with Crippen molar-refractivity contribution < 1.29 is 19.1 Å². The van der Waals surface area contributed by atoms with Gasteiger partial charge in [-0.15, -0.1) is 0 Å². The summed E-state index contributed by atoms with van der Waals surface area (Å²) >= 11 is 3.42. The van der Waals surface area contributed by atoms with Gasteiger partial charge in [0, 0.05) is 18.5 Å². The van der Waals surface area contributed by atoms with Crippen LogP contribution in [0.25, 0.3) is 0 Å². The third-order valence-electron chi connectivity index (χ3n) is 4.26. The topological polar surface area (TPSA) is 89.0 Å². The molecule has 0 radical (unpaired) electrons. The minimum absolute atomic E-state index is 0.0792. The molecule has 0 aliphatic heterocycles. The molecule has 0 spiro atoms. The molecule has 0 heterocycles. The van der Waals surface area contributed by atoms with Crippen molar-refractivity contribution in [1.82, 2.24) is 10.7 Å². The van der Waals surface area contributed by atoms with Gasteiger partial charge in [0.2, 0.25) is 5.91 Å². The number of halogens is 1. The zero-order chi connectivity index (χ0) is 21.8. The van der Waals surface area contributed by atoms with Gasteiger partial charge in [-0.1, -0.05) is 24.6 Å². The first-order valence-corrected chi connectivity index (χ1v) is 10.4. The van der Waals surface area contributed by atoms with Gasteiger partial charge in [-0.3, -0.25) is 9.59 Å². The van der Waals surface area contributed by atoms with Crippen LogP contribution in [0.2, 0.25) is 0 Å². The van der Waals surface area contributed by atoms with Gasteiger partial charge < -0.3 is 14.8 Å². The number of carbonyl (C=O) groups is 2. The molecule has 0 aliphatic rings. The van der Waals surface area contributed by atoms with Crippen LogP contribution in [0.5, 0.6) is 11.5 Å². The van der Waals surface area contributed by atoms with Crippen molar-refractivity contribution in [3.8, 4) is 11.5 Å². The second-order valence-electron chi connectivity index (χ2n) is 6.46. The van der Waals surface area contributed by atoms with Gasteiger partial charge in [0.25, 0.3) is 5.91 Å². The minimum atomic E-state index is -0.154. The molecule has 0 fully saturated rings. The Morgan fingerprint density at radius 2 is 1.83 bits per heavy atom. The lowest BCUT2D eigenvalue weighted by Crippen LogP contribution is -2.24. The fraction of sp³-hybridized carbons (Fsp3) is 0.318. The number of hydrogen-bond donors (Lipinski definition) is 2. The van der Waals surface area contributed by atoms with Gasteiger partial charge in [0.15, 0.2) is 11.5 Å². The second kappa shape index (κ2) is 12.6. The summed E-state index contributed by atoms with van der Waals surface area (Å²) in [6, 6.07) is 12.7. The highest BCUT2D eigenvalue weighted by atomic mass is 79.9. The van der Waals surface area contributed by atoms with Crippen molar-refractivity contribution in [1.29, 1.82) is 0 Å². The predicted octanol–water partition coefficient (Wildman–Crippen LogP) is 3.91. The van der Waals surface area contributed by atoms with E-state index in [0.717, 1.165) is 29.3 Å². The van der Waals surface area contributed by atoms with Crippen LogP contribution in [-0.2, 0) is 4.79 Å². The van der Waals surface area contributed by atoms with Crippen molar-refractivity contribution in [2.75, 3.05) is 20.8 Å². The molecule has 0 bridgehead atoms.